The third kappa shape index (κ3) is 11.3. The number of rotatable bonds is 2. The topological polar surface area (TPSA) is 0 Å². The minimum absolute atomic E-state index is 0. The van der Waals surface area contributed by atoms with Crippen LogP contribution in [0.4, 0.5) is 0 Å². The molecule has 0 radical (unpaired) electrons. The zero-order chi connectivity index (χ0) is 10.2. The van der Waals surface area contributed by atoms with E-state index in [2.05, 4.69) is 50.3 Å². The summed E-state index contributed by atoms with van der Waals surface area (Å²) in [5.41, 5.74) is 2.67. The van der Waals surface area contributed by atoms with Crippen LogP contribution in [0.25, 0.3) is 0 Å². The zero-order valence-corrected chi connectivity index (χ0v) is 14.4. The van der Waals surface area contributed by atoms with E-state index in [0.29, 0.717) is 0 Å². The van der Waals surface area contributed by atoms with E-state index in [-0.39, 0.29) is 51.0 Å². The molecule has 17 heavy (non-hydrogen) atoms. The van der Waals surface area contributed by atoms with Crippen molar-refractivity contribution in [2.45, 2.75) is 39.5 Å². The molecule has 0 atom stereocenters. The standard InChI is InChI=1S/C8H11.C6H7.2ClH.Zr/c1-2-5-8-6-3-4-7-8;1-6-4-2-3-5-6;;;/h3,6H,2,4-5H2,1H3;2,4H,3H2,1H3;2*1H;/q2*-1;;;+4/p-2. The maximum atomic E-state index is 3.26. The van der Waals surface area contributed by atoms with Gasteiger partial charge in [0, 0.05) is 0 Å². The molecular formula is C14H18Cl2Zr. The second-order valence-electron chi connectivity index (χ2n) is 3.52. The van der Waals surface area contributed by atoms with Crippen LogP contribution in [0.3, 0.4) is 0 Å². The van der Waals surface area contributed by atoms with Gasteiger partial charge in [-0.2, -0.15) is 12.2 Å². The van der Waals surface area contributed by atoms with Gasteiger partial charge in [-0.1, -0.05) is 26.7 Å². The first-order valence-corrected chi connectivity index (χ1v) is 5.33. The van der Waals surface area contributed by atoms with E-state index in [9.17, 15) is 0 Å². The van der Waals surface area contributed by atoms with Crippen LogP contribution in [-0.4, -0.2) is 0 Å². The minimum Gasteiger partial charge on any atom is -1.00 e. The summed E-state index contributed by atoms with van der Waals surface area (Å²) >= 11 is 0. The summed E-state index contributed by atoms with van der Waals surface area (Å²) in [6.45, 7) is 4.25. The van der Waals surface area contributed by atoms with Gasteiger partial charge in [-0.05, 0) is 0 Å². The molecule has 0 aromatic heterocycles. The normalized spacial score (nSPS) is 14.5. The molecule has 0 aromatic carbocycles. The van der Waals surface area contributed by atoms with Crippen molar-refractivity contribution in [3.63, 3.8) is 0 Å². The van der Waals surface area contributed by atoms with Crippen LogP contribution in [0.5, 0.6) is 0 Å². The fourth-order valence-electron chi connectivity index (χ4n) is 1.41. The first kappa shape index (κ1) is 22.6. The van der Waals surface area contributed by atoms with E-state index in [1.807, 2.05) is 0 Å². The number of halogens is 2. The van der Waals surface area contributed by atoms with Crippen molar-refractivity contribution in [3.8, 4) is 0 Å². The maximum absolute atomic E-state index is 3.26. The van der Waals surface area contributed by atoms with E-state index in [0.717, 1.165) is 12.8 Å². The second kappa shape index (κ2) is 14.5. The average molecular weight is 348 g/mol. The molecule has 0 fully saturated rings. The van der Waals surface area contributed by atoms with Crippen LogP contribution < -0.4 is 24.8 Å². The van der Waals surface area contributed by atoms with Crippen LogP contribution >= 0.6 is 0 Å². The molecule has 0 saturated carbocycles. The molecule has 0 amide bonds. The van der Waals surface area contributed by atoms with Gasteiger partial charge in [-0.25, -0.2) is 23.3 Å². The first-order chi connectivity index (χ1) is 6.83. The van der Waals surface area contributed by atoms with Crippen LogP contribution in [-0.2, 0) is 26.2 Å². The predicted molar refractivity (Wildman–Crippen MR) is 61.6 cm³/mol. The van der Waals surface area contributed by atoms with Crippen LogP contribution in [0.2, 0.25) is 0 Å². The zero-order valence-electron chi connectivity index (χ0n) is 10.4. The number of allylic oxidation sites excluding steroid dienone is 8. The molecule has 0 unspecified atom stereocenters. The Bertz CT molecular complexity index is 286. The summed E-state index contributed by atoms with van der Waals surface area (Å²) in [5.74, 6) is 0. The Morgan fingerprint density at radius 3 is 1.94 bits per heavy atom. The molecule has 0 aromatic rings. The second-order valence-corrected chi connectivity index (χ2v) is 3.52. The third-order valence-corrected chi connectivity index (χ3v) is 2.15. The van der Waals surface area contributed by atoms with Gasteiger partial charge >= 0.3 is 26.2 Å². The van der Waals surface area contributed by atoms with Crippen molar-refractivity contribution < 1.29 is 51.0 Å². The Morgan fingerprint density at radius 1 is 1.06 bits per heavy atom. The quantitative estimate of drug-likeness (QED) is 0.516. The molecule has 2 aliphatic carbocycles. The van der Waals surface area contributed by atoms with Crippen molar-refractivity contribution in [3.05, 3.63) is 47.6 Å². The largest absolute Gasteiger partial charge is 4.00 e. The SMILES string of the molecule is CC1=[C-]CC=C1.CCCC1=[C-]CC=C1.[Cl-].[Cl-].[Zr+4]. The van der Waals surface area contributed by atoms with Crippen LogP contribution in [0, 0.1) is 12.2 Å². The molecule has 0 N–H and O–H groups in total. The Hall–Kier alpha value is 0.423. The number of hydrogen-bond acceptors (Lipinski definition) is 0. The molecular weight excluding hydrogens is 330 g/mol. The maximum Gasteiger partial charge on any atom is 4.00 e. The Balaban J connectivity index is -0.000000201. The van der Waals surface area contributed by atoms with E-state index in [1.54, 1.807) is 0 Å². The molecule has 92 valence electrons. The molecule has 3 heteroatoms. The van der Waals surface area contributed by atoms with Gasteiger partial charge in [0.05, 0.1) is 0 Å². The fourth-order valence-corrected chi connectivity index (χ4v) is 1.41. The molecule has 0 aliphatic heterocycles. The van der Waals surface area contributed by atoms with Crippen LogP contribution in [0.15, 0.2) is 35.5 Å². The van der Waals surface area contributed by atoms with Gasteiger partial charge in [0.15, 0.2) is 0 Å². The third-order valence-electron chi connectivity index (χ3n) is 2.15. The van der Waals surface area contributed by atoms with E-state index >= 15 is 0 Å². The smallest absolute Gasteiger partial charge is 1.00 e. The summed E-state index contributed by atoms with van der Waals surface area (Å²) in [6, 6.07) is 0. The molecule has 2 aliphatic rings. The first-order valence-electron chi connectivity index (χ1n) is 5.33. The van der Waals surface area contributed by atoms with E-state index in [1.165, 1.54) is 24.0 Å². The van der Waals surface area contributed by atoms with Gasteiger partial charge in [0.1, 0.15) is 0 Å². The summed E-state index contributed by atoms with van der Waals surface area (Å²) in [7, 11) is 0. The van der Waals surface area contributed by atoms with Crippen molar-refractivity contribution in [2.24, 2.45) is 0 Å². The van der Waals surface area contributed by atoms with Crippen LogP contribution in [0.1, 0.15) is 39.5 Å². The fraction of sp³-hybridized carbons (Fsp3) is 0.429. The molecule has 0 saturated heterocycles. The predicted octanol–water partition coefficient (Wildman–Crippen LogP) is -1.82. The monoisotopic (exact) mass is 346 g/mol. The molecule has 0 spiro atoms. The molecule has 0 bridgehead atoms. The molecule has 2 rings (SSSR count). The van der Waals surface area contributed by atoms with E-state index in [4.69, 9.17) is 0 Å². The summed E-state index contributed by atoms with van der Waals surface area (Å²) in [4.78, 5) is 0. The van der Waals surface area contributed by atoms with Crippen molar-refractivity contribution in [1.82, 2.24) is 0 Å². The van der Waals surface area contributed by atoms with Gasteiger partial charge in [-0.15, -0.1) is 12.8 Å². The van der Waals surface area contributed by atoms with Gasteiger partial charge in [-0.3, -0.25) is 12.2 Å². The molecule has 0 nitrogen and oxygen atoms in total. The Labute approximate surface area is 137 Å². The molecule has 0 heterocycles. The summed E-state index contributed by atoms with van der Waals surface area (Å²) in [6.07, 6.45) is 19.4. The summed E-state index contributed by atoms with van der Waals surface area (Å²) in [5, 5.41) is 0. The summed E-state index contributed by atoms with van der Waals surface area (Å²) < 4.78 is 0. The van der Waals surface area contributed by atoms with Crippen molar-refractivity contribution >= 4 is 0 Å². The van der Waals surface area contributed by atoms with Gasteiger partial charge < -0.3 is 24.8 Å². The minimum atomic E-state index is 0. The Morgan fingerprint density at radius 2 is 1.65 bits per heavy atom. The van der Waals surface area contributed by atoms with Gasteiger partial charge in [0.2, 0.25) is 0 Å². The van der Waals surface area contributed by atoms with Crippen molar-refractivity contribution in [1.29, 1.82) is 0 Å². The van der Waals surface area contributed by atoms with Crippen molar-refractivity contribution in [2.75, 3.05) is 0 Å². The van der Waals surface area contributed by atoms with E-state index < -0.39 is 0 Å². The Kier molecular flexibility index (Phi) is 19.2. The van der Waals surface area contributed by atoms with Gasteiger partial charge in [0.25, 0.3) is 0 Å². The average Bonchev–Trinajstić information content (AvgIpc) is 2.79. The number of hydrogen-bond donors (Lipinski definition) is 0.